The topological polar surface area (TPSA) is 37.3 Å². The Bertz CT molecular complexity index is 855. The van der Waals surface area contributed by atoms with Gasteiger partial charge in [-0.15, -0.1) is 0 Å². The number of carboxylic acids is 1. The molecule has 214 valence electrons. The molecule has 0 amide bonds. The molecular weight excluding hydrogens is 471 g/mol. The molecule has 2 nitrogen and oxygen atoms in total. The van der Waals surface area contributed by atoms with E-state index in [4.69, 9.17) is 0 Å². The number of unbranched alkanes of at least 4 members (excludes halogenated alkanes) is 2. The van der Waals surface area contributed by atoms with Crippen LogP contribution in [-0.4, -0.2) is 11.1 Å². The lowest BCUT2D eigenvalue weighted by Gasteiger charge is -2.42. The highest BCUT2D eigenvalue weighted by atomic mass is 19.1. The first-order valence-electron chi connectivity index (χ1n) is 16.5. The van der Waals surface area contributed by atoms with Crippen LogP contribution in [0.15, 0.2) is 18.2 Å². The predicted molar refractivity (Wildman–Crippen MR) is 156 cm³/mol. The zero-order valence-electron chi connectivity index (χ0n) is 24.5. The van der Waals surface area contributed by atoms with Crippen LogP contribution in [0.25, 0.3) is 0 Å². The Balaban J connectivity index is 1.29. The second-order valence-electron chi connectivity index (χ2n) is 13.5. The fourth-order valence-electron chi connectivity index (χ4n) is 8.52. The van der Waals surface area contributed by atoms with Gasteiger partial charge in [0, 0.05) is 5.56 Å². The Morgan fingerprint density at radius 1 is 0.789 bits per heavy atom. The molecule has 0 saturated heterocycles. The predicted octanol–water partition coefficient (Wildman–Crippen LogP) is 10.3. The Morgan fingerprint density at radius 3 is 1.95 bits per heavy atom. The fourth-order valence-corrected chi connectivity index (χ4v) is 8.52. The number of hydrogen-bond acceptors (Lipinski definition) is 1. The maximum Gasteiger partial charge on any atom is 0.314 e. The van der Waals surface area contributed by atoms with Crippen LogP contribution in [-0.2, 0) is 16.6 Å². The van der Waals surface area contributed by atoms with Crippen molar-refractivity contribution in [3.63, 3.8) is 0 Å². The van der Waals surface area contributed by atoms with Crippen molar-refractivity contribution < 1.29 is 14.3 Å². The molecule has 0 atom stereocenters. The molecule has 0 heterocycles. The number of benzene rings is 1. The molecule has 0 aliphatic heterocycles. The molecule has 38 heavy (non-hydrogen) atoms. The van der Waals surface area contributed by atoms with Crippen molar-refractivity contribution in [1.82, 2.24) is 0 Å². The van der Waals surface area contributed by atoms with E-state index in [1.54, 1.807) is 6.07 Å². The number of halogens is 1. The van der Waals surface area contributed by atoms with Gasteiger partial charge >= 0.3 is 5.97 Å². The smallest absolute Gasteiger partial charge is 0.314 e. The molecule has 0 radical (unpaired) electrons. The molecular formula is C35H55FO2. The standard InChI is InChI=1S/C35H55FO2/c1-3-5-6-8-27-9-11-28(12-10-27)13-14-29-17-20-32(33(36)25-29)35(34(37)38)23-21-31(22-24-35)30-18-15-26(7-4-2)16-19-30/h17,20,25-28,30-31H,3-16,18-19,21-24H2,1-2H3,(H,37,38). The van der Waals surface area contributed by atoms with E-state index in [1.807, 2.05) is 12.1 Å². The minimum absolute atomic E-state index is 0.289. The summed E-state index contributed by atoms with van der Waals surface area (Å²) in [7, 11) is 0. The first-order valence-corrected chi connectivity index (χ1v) is 16.5. The van der Waals surface area contributed by atoms with Crippen LogP contribution in [0.3, 0.4) is 0 Å². The van der Waals surface area contributed by atoms with E-state index in [0.29, 0.717) is 24.3 Å². The fraction of sp³-hybridized carbons (Fsp3) is 0.800. The summed E-state index contributed by atoms with van der Waals surface area (Å²) in [6.45, 7) is 4.56. The third-order valence-corrected chi connectivity index (χ3v) is 11.1. The van der Waals surface area contributed by atoms with Crippen molar-refractivity contribution in [1.29, 1.82) is 0 Å². The summed E-state index contributed by atoms with van der Waals surface area (Å²) >= 11 is 0. The number of carboxylic acid groups (broad SMARTS) is 1. The summed E-state index contributed by atoms with van der Waals surface area (Å²) in [6.07, 6.45) is 23.8. The average molecular weight is 527 g/mol. The SMILES string of the molecule is CCCCCC1CCC(CCc2ccc(C3(C(=O)O)CCC(C4CCC(CCC)CC4)CC3)c(F)c2)CC1. The van der Waals surface area contributed by atoms with Gasteiger partial charge in [0.05, 0.1) is 5.41 Å². The highest BCUT2D eigenvalue weighted by Crippen LogP contribution is 2.48. The number of hydrogen-bond donors (Lipinski definition) is 1. The van der Waals surface area contributed by atoms with Crippen molar-refractivity contribution in [2.45, 2.75) is 148 Å². The molecule has 3 saturated carbocycles. The van der Waals surface area contributed by atoms with Crippen LogP contribution in [0.5, 0.6) is 0 Å². The van der Waals surface area contributed by atoms with E-state index in [1.165, 1.54) is 89.9 Å². The summed E-state index contributed by atoms with van der Waals surface area (Å²) in [5.74, 6) is 2.83. The highest BCUT2D eigenvalue weighted by Gasteiger charge is 2.46. The zero-order valence-corrected chi connectivity index (χ0v) is 24.5. The van der Waals surface area contributed by atoms with Crippen LogP contribution in [0.1, 0.15) is 147 Å². The van der Waals surface area contributed by atoms with Gasteiger partial charge in [0.1, 0.15) is 5.82 Å². The third-order valence-electron chi connectivity index (χ3n) is 11.1. The summed E-state index contributed by atoms with van der Waals surface area (Å²) in [4.78, 5) is 12.6. The van der Waals surface area contributed by atoms with E-state index < -0.39 is 11.4 Å². The van der Waals surface area contributed by atoms with Gasteiger partial charge in [-0.25, -0.2) is 4.39 Å². The molecule has 3 aliphatic carbocycles. The normalized spacial score (nSPS) is 32.2. The van der Waals surface area contributed by atoms with E-state index in [-0.39, 0.29) is 5.82 Å². The summed E-state index contributed by atoms with van der Waals surface area (Å²) in [5.41, 5.74) is 0.426. The Morgan fingerprint density at radius 2 is 1.37 bits per heavy atom. The Hall–Kier alpha value is -1.38. The van der Waals surface area contributed by atoms with E-state index in [9.17, 15) is 9.90 Å². The lowest BCUT2D eigenvalue weighted by Crippen LogP contribution is -2.41. The van der Waals surface area contributed by atoms with Crippen molar-refractivity contribution >= 4 is 5.97 Å². The maximum absolute atomic E-state index is 15.5. The molecule has 1 aromatic carbocycles. The lowest BCUT2D eigenvalue weighted by atomic mass is 9.62. The number of carbonyl (C=O) groups is 1. The molecule has 1 aromatic rings. The Labute approximate surface area is 232 Å². The van der Waals surface area contributed by atoms with Crippen molar-refractivity contribution in [2.24, 2.45) is 29.6 Å². The molecule has 3 heteroatoms. The number of aryl methyl sites for hydroxylation is 1. The second-order valence-corrected chi connectivity index (χ2v) is 13.5. The maximum atomic E-state index is 15.5. The van der Waals surface area contributed by atoms with Crippen molar-refractivity contribution in [2.75, 3.05) is 0 Å². The first-order chi connectivity index (χ1) is 18.4. The minimum atomic E-state index is -1.05. The van der Waals surface area contributed by atoms with E-state index in [0.717, 1.165) is 54.9 Å². The second kappa shape index (κ2) is 14.3. The van der Waals surface area contributed by atoms with Gasteiger partial charge in [-0.2, -0.15) is 0 Å². The van der Waals surface area contributed by atoms with Gasteiger partial charge in [0.25, 0.3) is 0 Å². The van der Waals surface area contributed by atoms with E-state index in [2.05, 4.69) is 13.8 Å². The van der Waals surface area contributed by atoms with Crippen LogP contribution >= 0.6 is 0 Å². The minimum Gasteiger partial charge on any atom is -0.481 e. The molecule has 0 unspecified atom stereocenters. The first kappa shape index (κ1) is 29.6. The van der Waals surface area contributed by atoms with Crippen LogP contribution in [0.4, 0.5) is 4.39 Å². The summed E-state index contributed by atoms with van der Waals surface area (Å²) in [5, 5.41) is 10.3. The molecule has 3 aliphatic rings. The Kier molecular flexibility index (Phi) is 11.1. The highest BCUT2D eigenvalue weighted by molar-refractivity contribution is 5.81. The summed E-state index contributed by atoms with van der Waals surface area (Å²) < 4.78 is 15.5. The molecule has 3 fully saturated rings. The lowest BCUT2D eigenvalue weighted by molar-refractivity contribution is -0.146. The van der Waals surface area contributed by atoms with Crippen LogP contribution < -0.4 is 0 Å². The van der Waals surface area contributed by atoms with Gasteiger partial charge < -0.3 is 5.11 Å². The largest absolute Gasteiger partial charge is 0.481 e. The van der Waals surface area contributed by atoms with Gasteiger partial charge in [0.2, 0.25) is 0 Å². The zero-order chi connectivity index (χ0) is 27.0. The average Bonchev–Trinajstić information content (AvgIpc) is 2.93. The third kappa shape index (κ3) is 7.42. The number of aliphatic carboxylic acids is 1. The van der Waals surface area contributed by atoms with Crippen LogP contribution in [0, 0.1) is 35.4 Å². The van der Waals surface area contributed by atoms with Crippen LogP contribution in [0.2, 0.25) is 0 Å². The van der Waals surface area contributed by atoms with Crippen molar-refractivity contribution in [3.05, 3.63) is 35.1 Å². The van der Waals surface area contributed by atoms with E-state index >= 15 is 4.39 Å². The van der Waals surface area contributed by atoms with Gasteiger partial charge in [-0.05, 0) is 92.6 Å². The van der Waals surface area contributed by atoms with Crippen molar-refractivity contribution in [3.8, 4) is 0 Å². The molecule has 4 rings (SSSR count). The quantitative estimate of drug-likeness (QED) is 0.275. The number of rotatable bonds is 12. The van der Waals surface area contributed by atoms with Gasteiger partial charge in [0.15, 0.2) is 0 Å². The monoisotopic (exact) mass is 526 g/mol. The summed E-state index contributed by atoms with van der Waals surface area (Å²) in [6, 6.07) is 5.53. The molecule has 1 N–H and O–H groups in total. The van der Waals surface area contributed by atoms with Gasteiger partial charge in [-0.3, -0.25) is 4.79 Å². The molecule has 0 bridgehead atoms. The van der Waals surface area contributed by atoms with Gasteiger partial charge in [-0.1, -0.05) is 103 Å². The molecule has 0 spiro atoms. The molecule has 0 aromatic heterocycles.